The third-order valence-corrected chi connectivity index (χ3v) is 5.24. The second-order valence-electron chi connectivity index (χ2n) is 7.34. The van der Waals surface area contributed by atoms with Gasteiger partial charge in [-0.2, -0.15) is 0 Å². The van der Waals surface area contributed by atoms with Crippen LogP contribution in [-0.2, 0) is 19.1 Å². The molecule has 2 N–H and O–H groups in total. The van der Waals surface area contributed by atoms with Gasteiger partial charge in [-0.3, -0.25) is 9.59 Å². The van der Waals surface area contributed by atoms with Crippen LogP contribution in [0, 0.1) is 11.8 Å². The fourth-order valence-corrected chi connectivity index (χ4v) is 3.81. The largest absolute Gasteiger partial charge is 0.463 e. The standard InChI is InChI=1S/C20H33N3O4/c1-3-27-19(25)13-15(2)22-18(24)14-23-12-4-5-17(20(23)26)7-6-16-8-10-21-11-9-16/h13,16-17,21H,3-12,14H2,1-2H3,(H,22,24)/b15-13+/t17-/m0/s1/i2T. The zero-order valence-electron chi connectivity index (χ0n) is 17.3. The maximum Gasteiger partial charge on any atom is 0.332 e. The topological polar surface area (TPSA) is 87.7 Å². The molecule has 2 fully saturated rings. The van der Waals surface area contributed by atoms with Crippen LogP contribution in [0.1, 0.15) is 53.7 Å². The first-order valence-electron chi connectivity index (χ1n) is 10.7. The zero-order chi connectivity index (χ0) is 20.4. The minimum Gasteiger partial charge on any atom is -0.463 e. The lowest BCUT2D eigenvalue weighted by Crippen LogP contribution is -2.46. The van der Waals surface area contributed by atoms with Crippen molar-refractivity contribution in [2.45, 2.75) is 52.3 Å². The number of rotatable bonds is 8. The van der Waals surface area contributed by atoms with E-state index in [2.05, 4.69) is 10.6 Å². The number of carbonyl (C=O) groups is 3. The van der Waals surface area contributed by atoms with Crippen molar-refractivity contribution in [3.63, 3.8) is 0 Å². The highest BCUT2D eigenvalue weighted by Gasteiger charge is 2.30. The molecule has 0 aromatic carbocycles. The Kier molecular flexibility index (Phi) is 8.14. The molecular weight excluding hydrogens is 346 g/mol. The van der Waals surface area contributed by atoms with Gasteiger partial charge in [-0.15, -0.1) is 0 Å². The summed E-state index contributed by atoms with van der Waals surface area (Å²) in [6.07, 6.45) is 7.23. The highest BCUT2D eigenvalue weighted by atomic mass is 16.5. The van der Waals surface area contributed by atoms with E-state index < -0.39 is 5.97 Å². The quantitative estimate of drug-likeness (QED) is 0.492. The average molecular weight is 382 g/mol. The van der Waals surface area contributed by atoms with Gasteiger partial charge in [-0.1, -0.05) is 0 Å². The zero-order valence-corrected chi connectivity index (χ0v) is 16.3. The maximum absolute atomic E-state index is 12.8. The molecule has 2 rings (SSSR count). The average Bonchev–Trinajstić information content (AvgIpc) is 2.69. The molecule has 2 amide bonds. The van der Waals surface area contributed by atoms with Gasteiger partial charge in [0, 0.05) is 25.6 Å². The second kappa shape index (κ2) is 11.1. The number of hydrogen-bond acceptors (Lipinski definition) is 5. The first-order chi connectivity index (χ1) is 13.5. The van der Waals surface area contributed by atoms with Gasteiger partial charge < -0.3 is 20.3 Å². The van der Waals surface area contributed by atoms with Gasteiger partial charge in [-0.05, 0) is 71.4 Å². The molecule has 0 aromatic rings. The summed E-state index contributed by atoms with van der Waals surface area (Å²) in [5, 5.41) is 5.92. The van der Waals surface area contributed by atoms with Crippen molar-refractivity contribution < 1.29 is 20.5 Å². The van der Waals surface area contributed by atoms with Crippen molar-refractivity contribution >= 4 is 17.8 Å². The number of ether oxygens (including phenoxy) is 1. The summed E-state index contributed by atoms with van der Waals surface area (Å²) >= 11 is 0. The summed E-state index contributed by atoms with van der Waals surface area (Å²) in [5.74, 6) is -0.216. The van der Waals surface area contributed by atoms with Gasteiger partial charge in [0.15, 0.2) is 0 Å². The van der Waals surface area contributed by atoms with Crippen LogP contribution >= 0.6 is 0 Å². The normalized spacial score (nSPS) is 22.3. The number of piperidine rings is 2. The molecule has 2 heterocycles. The van der Waals surface area contributed by atoms with Crippen LogP contribution < -0.4 is 10.6 Å². The van der Waals surface area contributed by atoms with Gasteiger partial charge in [0.1, 0.15) is 0 Å². The van der Waals surface area contributed by atoms with E-state index in [1.165, 1.54) is 12.8 Å². The highest BCUT2D eigenvalue weighted by Crippen LogP contribution is 2.27. The van der Waals surface area contributed by atoms with E-state index in [1.54, 1.807) is 11.8 Å². The number of esters is 1. The molecule has 0 radical (unpaired) electrons. The van der Waals surface area contributed by atoms with Crippen molar-refractivity contribution in [3.8, 4) is 0 Å². The number of nitrogens with zero attached hydrogens (tertiary/aromatic N) is 1. The predicted molar refractivity (Wildman–Crippen MR) is 103 cm³/mol. The molecule has 0 unspecified atom stereocenters. The second-order valence-corrected chi connectivity index (χ2v) is 7.34. The first-order valence-corrected chi connectivity index (χ1v) is 9.99. The Bertz CT molecular complexity index is 576. The van der Waals surface area contributed by atoms with Crippen molar-refractivity contribution in [2.24, 2.45) is 11.8 Å². The number of carbonyl (C=O) groups excluding carboxylic acids is 3. The molecule has 0 bridgehead atoms. The number of allylic oxidation sites excluding steroid dienone is 1. The summed E-state index contributed by atoms with van der Waals surface area (Å²) in [5.41, 5.74) is 0.176. The Labute approximate surface area is 163 Å². The lowest BCUT2D eigenvalue weighted by molar-refractivity contribution is -0.142. The van der Waals surface area contributed by atoms with Gasteiger partial charge in [0.2, 0.25) is 11.8 Å². The van der Waals surface area contributed by atoms with Crippen molar-refractivity contribution in [1.29, 1.82) is 0 Å². The van der Waals surface area contributed by atoms with E-state index >= 15 is 0 Å². The predicted octanol–water partition coefficient (Wildman–Crippen LogP) is 1.59. The van der Waals surface area contributed by atoms with Crippen LogP contribution in [-0.4, -0.2) is 55.5 Å². The molecule has 7 heteroatoms. The van der Waals surface area contributed by atoms with E-state index in [-0.39, 0.29) is 43.5 Å². The number of hydrogen-bond donors (Lipinski definition) is 2. The SMILES string of the molecule is [3H]C/C(=C\C(=O)OCC)NC(=O)CN1CCC[C@@H](CCC2CCNCC2)C1=O. The number of amides is 2. The summed E-state index contributed by atoms with van der Waals surface area (Å²) in [6.45, 7) is 4.35. The number of nitrogens with one attached hydrogen (secondary N) is 2. The molecule has 0 aliphatic carbocycles. The van der Waals surface area contributed by atoms with E-state index in [9.17, 15) is 14.4 Å². The van der Waals surface area contributed by atoms with E-state index in [0.717, 1.165) is 44.8 Å². The Morgan fingerprint density at radius 2 is 2.11 bits per heavy atom. The van der Waals surface area contributed by atoms with Crippen LogP contribution in [0.4, 0.5) is 0 Å². The van der Waals surface area contributed by atoms with Crippen LogP contribution in [0.25, 0.3) is 0 Å². The Morgan fingerprint density at radius 1 is 1.33 bits per heavy atom. The molecule has 2 aliphatic heterocycles. The van der Waals surface area contributed by atoms with Crippen molar-refractivity contribution in [3.05, 3.63) is 11.8 Å². The van der Waals surface area contributed by atoms with Crippen LogP contribution in [0.3, 0.4) is 0 Å². The minimum absolute atomic E-state index is 0.00200. The summed E-state index contributed by atoms with van der Waals surface area (Å²) in [6, 6.07) is 0. The van der Waals surface area contributed by atoms with E-state index in [4.69, 9.17) is 6.11 Å². The maximum atomic E-state index is 12.8. The summed E-state index contributed by atoms with van der Waals surface area (Å²) < 4.78 is 12.2. The molecule has 152 valence electrons. The molecule has 0 aromatic heterocycles. The summed E-state index contributed by atoms with van der Waals surface area (Å²) in [7, 11) is 0. The third-order valence-electron chi connectivity index (χ3n) is 5.24. The molecule has 1 atom stereocenters. The molecule has 27 heavy (non-hydrogen) atoms. The Balaban J connectivity index is 1.82. The third kappa shape index (κ3) is 7.33. The molecule has 0 saturated carbocycles. The van der Waals surface area contributed by atoms with Crippen LogP contribution in [0.15, 0.2) is 11.8 Å². The van der Waals surface area contributed by atoms with Crippen LogP contribution in [0.5, 0.6) is 0 Å². The lowest BCUT2D eigenvalue weighted by Gasteiger charge is -2.33. The lowest BCUT2D eigenvalue weighted by atomic mass is 9.86. The summed E-state index contributed by atoms with van der Waals surface area (Å²) in [4.78, 5) is 38.1. The van der Waals surface area contributed by atoms with Gasteiger partial charge in [0.25, 0.3) is 0 Å². The fraction of sp³-hybridized carbons (Fsp3) is 0.750. The Morgan fingerprint density at radius 3 is 2.81 bits per heavy atom. The Hall–Kier alpha value is -1.89. The minimum atomic E-state index is -0.586. The molecular formula is C20H33N3O4. The van der Waals surface area contributed by atoms with Gasteiger partial charge in [0.05, 0.1) is 13.2 Å². The smallest absolute Gasteiger partial charge is 0.332 e. The molecule has 7 nitrogen and oxygen atoms in total. The monoisotopic (exact) mass is 381 g/mol. The fourth-order valence-electron chi connectivity index (χ4n) is 3.81. The van der Waals surface area contributed by atoms with Gasteiger partial charge >= 0.3 is 5.97 Å². The number of likely N-dealkylation sites (tertiary alicyclic amines) is 1. The van der Waals surface area contributed by atoms with E-state index in [1.807, 2.05) is 0 Å². The molecule has 2 saturated heterocycles. The highest BCUT2D eigenvalue weighted by molar-refractivity contribution is 5.88. The molecule has 0 spiro atoms. The van der Waals surface area contributed by atoms with Crippen molar-refractivity contribution in [1.82, 2.24) is 15.5 Å². The molecule has 2 aliphatic rings. The van der Waals surface area contributed by atoms with Crippen LogP contribution in [0.2, 0.25) is 0 Å². The van der Waals surface area contributed by atoms with Gasteiger partial charge in [-0.25, -0.2) is 4.79 Å². The van der Waals surface area contributed by atoms with Crippen molar-refractivity contribution in [2.75, 3.05) is 32.8 Å². The van der Waals surface area contributed by atoms with E-state index in [0.29, 0.717) is 12.5 Å². The first kappa shape index (κ1) is 19.9.